The standard InChI is InChI=1S/C37H42NO.C26H31O.2BF3.2FH/c1-36(2,3)31-19-15-28(16-20-31)30-25-34(12-10-9-11-27-13-23-33(24-14-27)38(7)8)39-35(26-30)29-17-21-32(22-18-29)37(4,5)6;1-18-16-21(19-8-12-22(13-9-19)25(2,3)4)17-24(27-18)20-10-14-23(15-11-20)26(5,6)7;2*2-1(3)4;;/h9-26H,1-8H3;8-17H,1-7H3;;;2*1H/q2*+1;;;;/p-2. The van der Waals surface area contributed by atoms with Gasteiger partial charge in [0, 0.05) is 29.3 Å². The Morgan fingerprint density at radius 1 is 0.461 bits per heavy atom. The van der Waals surface area contributed by atoms with Crippen molar-refractivity contribution in [3.05, 3.63) is 220 Å². The molecule has 0 spiro atoms. The van der Waals surface area contributed by atoms with Crippen LogP contribution < -0.4 is 9.41 Å². The van der Waals surface area contributed by atoms with Crippen molar-refractivity contribution in [3.63, 3.8) is 0 Å². The smallest absolute Gasteiger partial charge is 0.762 e. The summed E-state index contributed by atoms with van der Waals surface area (Å²) in [5, 5.41) is 0. The molecule has 4 aromatic carbocycles. The first-order chi connectivity index (χ1) is 34.4. The minimum absolute atomic E-state index is 0. The van der Waals surface area contributed by atoms with E-state index in [9.17, 15) is 25.9 Å². The van der Waals surface area contributed by atoms with E-state index in [0.717, 1.165) is 45.3 Å². The summed E-state index contributed by atoms with van der Waals surface area (Å²) in [6, 6.07) is 39.5. The zero-order valence-electron chi connectivity index (χ0n) is 46.6. The lowest BCUT2D eigenvalue weighted by atomic mass is 9.86. The van der Waals surface area contributed by atoms with Crippen molar-refractivity contribution in [1.82, 2.24) is 0 Å². The third-order valence-electron chi connectivity index (χ3n) is 12.0. The van der Waals surface area contributed by atoms with Gasteiger partial charge in [-0.2, -0.15) is 0 Å². The van der Waals surface area contributed by atoms with Gasteiger partial charge in [-0.25, -0.2) is 8.99 Å². The molecule has 0 unspecified atom stereocenters. The number of aryl methyl sites for hydroxylation is 1. The van der Waals surface area contributed by atoms with E-state index in [1.54, 1.807) is 0 Å². The Kier molecular flexibility index (Phi) is 24.4. The third kappa shape index (κ3) is 21.1. The summed E-state index contributed by atoms with van der Waals surface area (Å²) in [6.45, 7) is 28.9. The Morgan fingerprint density at radius 2 is 0.829 bits per heavy atom. The molecule has 0 N–H and O–H groups in total. The average Bonchev–Trinajstić information content (AvgIpc) is 3.32. The van der Waals surface area contributed by atoms with Crippen molar-refractivity contribution in [2.45, 2.75) is 112 Å². The predicted molar refractivity (Wildman–Crippen MR) is 302 cm³/mol. The molecule has 1 aromatic heterocycles. The van der Waals surface area contributed by atoms with E-state index in [1.165, 1.54) is 44.7 Å². The molecule has 2 aliphatic rings. The Morgan fingerprint density at radius 3 is 1.22 bits per heavy atom. The minimum Gasteiger partial charge on any atom is -1.00 e. The van der Waals surface area contributed by atoms with Crippen LogP contribution in [0.15, 0.2) is 186 Å². The monoisotopic (exact) mass is 1050 g/mol. The van der Waals surface area contributed by atoms with E-state index < -0.39 is 15.1 Å². The predicted octanol–water partition coefficient (Wildman–Crippen LogP) is 12.5. The molecule has 76 heavy (non-hydrogen) atoms. The molecule has 13 heteroatoms. The van der Waals surface area contributed by atoms with E-state index >= 15 is 0 Å². The maximum Gasteiger partial charge on any atom is 0.762 e. The molecule has 404 valence electrons. The first kappa shape index (κ1) is 65.4. The van der Waals surface area contributed by atoms with Gasteiger partial charge in [0.15, 0.2) is 5.71 Å². The molecule has 3 nitrogen and oxygen atoms in total. The van der Waals surface area contributed by atoms with E-state index in [0.29, 0.717) is 0 Å². The van der Waals surface area contributed by atoms with Crippen LogP contribution in [0.5, 0.6) is 0 Å². The molecule has 0 radical (unpaired) electrons. The van der Waals surface area contributed by atoms with Crippen molar-refractivity contribution < 1.29 is 49.0 Å². The van der Waals surface area contributed by atoms with Gasteiger partial charge < -0.3 is 14.1 Å². The molecule has 1 aliphatic carbocycles. The number of benzene rings is 4. The van der Waals surface area contributed by atoms with Crippen molar-refractivity contribution in [3.8, 4) is 22.5 Å². The fraction of sp³-hybridized carbons (Fsp3) is 0.302. The van der Waals surface area contributed by atoms with Crippen LogP contribution >= 0.6 is 0 Å². The van der Waals surface area contributed by atoms with Crippen LogP contribution in [0, 0.1) is 6.92 Å². The van der Waals surface area contributed by atoms with Gasteiger partial charge in [0.05, 0.1) is 18.6 Å². The van der Waals surface area contributed by atoms with Crippen molar-refractivity contribution in [1.29, 1.82) is 0 Å². The molecule has 1 aliphatic heterocycles. The highest BCUT2D eigenvalue weighted by molar-refractivity contribution is 6.33. The highest BCUT2D eigenvalue weighted by Gasteiger charge is 2.21. The SMILES string of the molecule is C[N+](C)=C1C=CC(=CC=CC=C2C=C(c3ccc(C(C)(C)C)cc3)C=C(c3ccc(C(C)(C)C)cc3)O2)C=C1.Cc1cc(-c2ccc(C(C)(C)C)cc2)cc(-c2ccc(C(C)(C)C)cc2)[o+]1.FB(F)F.FB(F)F.[F-].[F-]. The van der Waals surface area contributed by atoms with Gasteiger partial charge in [-0.05, 0) is 109 Å². The number of hydrogen-bond acceptors (Lipinski definition) is 1. The zero-order valence-corrected chi connectivity index (χ0v) is 46.6. The fourth-order valence-corrected chi connectivity index (χ4v) is 7.65. The molecule has 0 amide bonds. The lowest BCUT2D eigenvalue weighted by Crippen LogP contribution is -3.00. The van der Waals surface area contributed by atoms with Gasteiger partial charge >= 0.3 is 26.6 Å². The van der Waals surface area contributed by atoms with E-state index in [-0.39, 0.29) is 31.1 Å². The molecule has 5 aromatic rings. The first-order valence-electron chi connectivity index (χ1n) is 24.7. The van der Waals surface area contributed by atoms with Gasteiger partial charge in [-0.3, -0.25) is 25.9 Å². The molecule has 0 bridgehead atoms. The number of allylic oxidation sites excluding steroid dienone is 12. The highest BCUT2D eigenvalue weighted by atomic mass is 19.4. The topological polar surface area (TPSA) is 23.5 Å². The molecule has 0 atom stereocenters. The molecular weight excluding hydrogens is 976 g/mol. The average molecular weight is 1050 g/mol. The van der Waals surface area contributed by atoms with Crippen LogP contribution in [0.25, 0.3) is 33.8 Å². The summed E-state index contributed by atoms with van der Waals surface area (Å²) in [6.07, 6.45) is 21.0. The van der Waals surface area contributed by atoms with Crippen molar-refractivity contribution in [2.24, 2.45) is 0 Å². The summed E-state index contributed by atoms with van der Waals surface area (Å²) >= 11 is 0. The maximum atomic E-state index is 9.67. The van der Waals surface area contributed by atoms with Crippen molar-refractivity contribution >= 4 is 32.1 Å². The Labute approximate surface area is 448 Å². The molecular formula is C63H73B2F8NO2. The second kappa shape index (κ2) is 28.4. The number of halogens is 8. The molecule has 0 saturated carbocycles. The van der Waals surface area contributed by atoms with Gasteiger partial charge in [-0.15, -0.1) is 0 Å². The highest BCUT2D eigenvalue weighted by Crippen LogP contribution is 2.35. The first-order valence-corrected chi connectivity index (χ1v) is 24.7. The second-order valence-corrected chi connectivity index (χ2v) is 22.4. The van der Waals surface area contributed by atoms with Crippen LogP contribution in [0.2, 0.25) is 0 Å². The van der Waals surface area contributed by atoms with Gasteiger partial charge in [0.25, 0.3) is 0 Å². The number of ether oxygens (including phenoxy) is 1. The van der Waals surface area contributed by atoms with Crippen LogP contribution in [-0.2, 0) is 26.4 Å². The maximum absolute atomic E-state index is 9.67. The van der Waals surface area contributed by atoms with Crippen LogP contribution in [0.4, 0.5) is 25.9 Å². The molecule has 0 saturated heterocycles. The Hall–Kier alpha value is -6.75. The summed E-state index contributed by atoms with van der Waals surface area (Å²) in [5.41, 5.74) is 15.1. The van der Waals surface area contributed by atoms with Crippen LogP contribution in [0.1, 0.15) is 122 Å². The third-order valence-corrected chi connectivity index (χ3v) is 12.0. The van der Waals surface area contributed by atoms with Gasteiger partial charge in [0.2, 0.25) is 0 Å². The summed E-state index contributed by atoms with van der Waals surface area (Å²) in [7, 11) is -3.23. The summed E-state index contributed by atoms with van der Waals surface area (Å²) < 4.78 is 72.5. The lowest BCUT2D eigenvalue weighted by molar-refractivity contribution is -0.462. The quantitative estimate of drug-likeness (QED) is 0.0732. The number of nitrogens with zero attached hydrogens (tertiary/aromatic N) is 1. The zero-order chi connectivity index (χ0) is 55.2. The minimum atomic E-state index is -3.67. The fourth-order valence-electron chi connectivity index (χ4n) is 7.65. The van der Waals surface area contributed by atoms with Crippen molar-refractivity contribution in [2.75, 3.05) is 14.1 Å². The Bertz CT molecular complexity index is 2790. The molecule has 2 heterocycles. The van der Waals surface area contributed by atoms with E-state index in [4.69, 9.17) is 9.15 Å². The summed E-state index contributed by atoms with van der Waals surface area (Å²) in [4.78, 5) is 0. The molecule has 7 rings (SSSR count). The normalized spacial score (nSPS) is 13.7. The number of rotatable bonds is 6. The van der Waals surface area contributed by atoms with E-state index in [1.807, 2.05) is 19.1 Å². The van der Waals surface area contributed by atoms with Gasteiger partial charge in [-0.1, -0.05) is 186 Å². The second-order valence-electron chi connectivity index (χ2n) is 22.4. The van der Waals surface area contributed by atoms with E-state index in [2.05, 4.69) is 260 Å². The summed E-state index contributed by atoms with van der Waals surface area (Å²) in [5.74, 6) is 3.50. The number of hydrogen-bond donors (Lipinski definition) is 0. The van der Waals surface area contributed by atoms with Gasteiger partial charge in [0.1, 0.15) is 25.6 Å². The van der Waals surface area contributed by atoms with Crippen LogP contribution in [0.3, 0.4) is 0 Å². The van der Waals surface area contributed by atoms with Crippen LogP contribution in [-0.4, -0.2) is 39.5 Å². The largest absolute Gasteiger partial charge is 1.00 e. The lowest BCUT2D eigenvalue weighted by Gasteiger charge is -2.22. The Balaban J connectivity index is 0.000000465. The molecule has 0 fully saturated rings.